The number of halogens is 2. The van der Waals surface area contributed by atoms with Crippen LogP contribution in [0.25, 0.3) is 11.1 Å². The molecule has 3 amide bonds. The molecule has 1 saturated heterocycles. The van der Waals surface area contributed by atoms with E-state index in [0.717, 1.165) is 10.5 Å². The first-order chi connectivity index (χ1) is 16.6. The van der Waals surface area contributed by atoms with Gasteiger partial charge in [-0.05, 0) is 61.4 Å². The number of likely N-dealkylation sites (tertiary alicyclic amines) is 1. The van der Waals surface area contributed by atoms with Gasteiger partial charge in [0.25, 0.3) is 0 Å². The maximum atomic E-state index is 14.9. The van der Waals surface area contributed by atoms with E-state index in [4.69, 9.17) is 5.14 Å². The lowest BCUT2D eigenvalue weighted by Crippen LogP contribution is -2.45. The minimum Gasteiger partial charge on any atom is -0.324 e. The number of urea groups is 1. The zero-order valence-electron chi connectivity index (χ0n) is 18.4. The van der Waals surface area contributed by atoms with Gasteiger partial charge in [-0.2, -0.15) is 0 Å². The van der Waals surface area contributed by atoms with Gasteiger partial charge in [0.2, 0.25) is 15.9 Å². The fourth-order valence-corrected chi connectivity index (χ4v) is 5.00. The van der Waals surface area contributed by atoms with Crippen molar-refractivity contribution in [2.24, 2.45) is 5.14 Å². The van der Waals surface area contributed by atoms with Gasteiger partial charge >= 0.3 is 6.03 Å². The number of hydrogen-bond acceptors (Lipinski definition) is 4. The number of nitrogens with one attached hydrogen (secondary N) is 2. The van der Waals surface area contributed by atoms with Gasteiger partial charge < -0.3 is 15.5 Å². The maximum Gasteiger partial charge on any atom is 0.322 e. The van der Waals surface area contributed by atoms with Crippen LogP contribution in [-0.2, 0) is 14.8 Å². The van der Waals surface area contributed by atoms with Gasteiger partial charge in [-0.3, -0.25) is 4.79 Å². The van der Waals surface area contributed by atoms with E-state index in [1.54, 1.807) is 30.3 Å². The number of hydrogen-bond donors (Lipinski definition) is 3. The fourth-order valence-electron chi connectivity index (χ4n) is 3.98. The Bertz CT molecular complexity index is 1380. The van der Waals surface area contributed by atoms with E-state index in [2.05, 4.69) is 26.6 Å². The molecule has 4 rings (SSSR count). The van der Waals surface area contributed by atoms with Gasteiger partial charge in [-0.15, -0.1) is 0 Å². The van der Waals surface area contributed by atoms with E-state index < -0.39 is 33.8 Å². The highest BCUT2D eigenvalue weighted by molar-refractivity contribution is 9.10. The van der Waals surface area contributed by atoms with E-state index in [1.807, 2.05) is 0 Å². The van der Waals surface area contributed by atoms with Crippen molar-refractivity contribution < 1.29 is 22.4 Å². The summed E-state index contributed by atoms with van der Waals surface area (Å²) in [5.74, 6) is -1.17. The van der Waals surface area contributed by atoms with Crippen molar-refractivity contribution in [3.05, 3.63) is 77.0 Å². The quantitative estimate of drug-likeness (QED) is 0.424. The third kappa shape index (κ3) is 5.69. The lowest BCUT2D eigenvalue weighted by molar-refractivity contribution is -0.119. The van der Waals surface area contributed by atoms with Gasteiger partial charge in [0.05, 0.1) is 4.90 Å². The summed E-state index contributed by atoms with van der Waals surface area (Å²) in [6.07, 6.45) is 1.13. The molecule has 182 valence electrons. The van der Waals surface area contributed by atoms with E-state index in [9.17, 15) is 22.4 Å². The van der Waals surface area contributed by atoms with Crippen LogP contribution >= 0.6 is 15.9 Å². The molecule has 1 aliphatic rings. The third-order valence-corrected chi connectivity index (χ3v) is 7.13. The SMILES string of the molecule is NS(=O)(=O)c1ccccc1-c1ccc(NC(=O)C2CCCN2C(=O)Nc2ccc(Br)cc2)cc1F. The molecule has 1 aliphatic heterocycles. The second-order valence-electron chi connectivity index (χ2n) is 8.01. The summed E-state index contributed by atoms with van der Waals surface area (Å²) in [7, 11) is -4.06. The molecule has 35 heavy (non-hydrogen) atoms. The summed E-state index contributed by atoms with van der Waals surface area (Å²) < 4.78 is 39.6. The Morgan fingerprint density at radius 3 is 2.34 bits per heavy atom. The monoisotopic (exact) mass is 560 g/mol. The van der Waals surface area contributed by atoms with Crippen LogP contribution in [0.4, 0.5) is 20.6 Å². The van der Waals surface area contributed by atoms with Gasteiger partial charge in [0.1, 0.15) is 11.9 Å². The van der Waals surface area contributed by atoms with Crippen LogP contribution in [0.5, 0.6) is 0 Å². The highest BCUT2D eigenvalue weighted by Crippen LogP contribution is 2.30. The summed E-state index contributed by atoms with van der Waals surface area (Å²) in [6, 6.07) is 15.7. The van der Waals surface area contributed by atoms with E-state index in [0.29, 0.717) is 25.1 Å². The summed E-state index contributed by atoms with van der Waals surface area (Å²) in [6.45, 7) is 0.415. The molecule has 4 N–H and O–H groups in total. The molecule has 0 aliphatic carbocycles. The maximum absolute atomic E-state index is 14.9. The fraction of sp³-hybridized carbons (Fsp3) is 0.167. The molecular formula is C24H22BrFN4O4S. The normalized spacial score (nSPS) is 15.6. The van der Waals surface area contributed by atoms with E-state index >= 15 is 0 Å². The molecule has 0 radical (unpaired) electrons. The number of carbonyl (C=O) groups excluding carboxylic acids is 2. The molecule has 0 bridgehead atoms. The molecule has 0 spiro atoms. The molecule has 0 aromatic heterocycles. The molecule has 1 unspecified atom stereocenters. The number of anilines is 2. The first kappa shape index (κ1) is 24.8. The van der Waals surface area contributed by atoms with Crippen LogP contribution in [0.2, 0.25) is 0 Å². The van der Waals surface area contributed by atoms with Crippen molar-refractivity contribution in [3.8, 4) is 11.1 Å². The molecule has 1 atom stereocenters. The van der Waals surface area contributed by atoms with Gasteiger partial charge in [0, 0.05) is 33.5 Å². The molecular weight excluding hydrogens is 539 g/mol. The smallest absolute Gasteiger partial charge is 0.322 e. The van der Waals surface area contributed by atoms with Gasteiger partial charge in [0.15, 0.2) is 0 Å². The highest BCUT2D eigenvalue weighted by Gasteiger charge is 2.34. The van der Waals surface area contributed by atoms with Crippen molar-refractivity contribution in [2.45, 2.75) is 23.8 Å². The number of primary sulfonamides is 1. The van der Waals surface area contributed by atoms with Crippen molar-refractivity contribution in [1.82, 2.24) is 4.90 Å². The molecule has 1 fully saturated rings. The Balaban J connectivity index is 1.49. The Labute approximate surface area is 210 Å². The number of sulfonamides is 1. The largest absolute Gasteiger partial charge is 0.324 e. The van der Waals surface area contributed by atoms with Crippen molar-refractivity contribution in [2.75, 3.05) is 17.2 Å². The highest BCUT2D eigenvalue weighted by atomic mass is 79.9. The van der Waals surface area contributed by atoms with E-state index in [-0.39, 0.29) is 21.7 Å². The standard InChI is InChI=1S/C24H22BrFN4O4S/c25-15-7-9-16(10-8-15)29-24(32)30-13-3-5-21(30)23(31)28-17-11-12-18(20(26)14-17)19-4-1-2-6-22(19)35(27,33)34/h1-2,4,6-12,14,21H,3,5,13H2,(H,28,31)(H,29,32)(H2,27,33,34). The zero-order chi connectivity index (χ0) is 25.2. The summed E-state index contributed by atoms with van der Waals surface area (Å²) in [5, 5.41) is 10.7. The zero-order valence-corrected chi connectivity index (χ0v) is 20.8. The Hall–Kier alpha value is -3.28. The average molecular weight is 561 g/mol. The van der Waals surface area contributed by atoms with Crippen molar-refractivity contribution in [3.63, 3.8) is 0 Å². The lowest BCUT2D eigenvalue weighted by atomic mass is 10.0. The van der Waals surface area contributed by atoms with Crippen LogP contribution in [0.1, 0.15) is 12.8 Å². The molecule has 3 aromatic rings. The third-order valence-electron chi connectivity index (χ3n) is 5.63. The summed E-state index contributed by atoms with van der Waals surface area (Å²) in [4.78, 5) is 26.9. The number of nitrogens with two attached hydrogens (primary N) is 1. The van der Waals surface area contributed by atoms with Crippen LogP contribution in [0, 0.1) is 5.82 Å². The summed E-state index contributed by atoms with van der Waals surface area (Å²) >= 11 is 3.34. The first-order valence-electron chi connectivity index (χ1n) is 10.7. The Morgan fingerprint density at radius 2 is 1.66 bits per heavy atom. The number of rotatable bonds is 5. The van der Waals surface area contributed by atoms with Crippen LogP contribution in [0.15, 0.2) is 76.1 Å². The number of amides is 3. The molecule has 11 heteroatoms. The molecule has 0 saturated carbocycles. The minimum atomic E-state index is -4.06. The first-order valence-corrected chi connectivity index (χ1v) is 13.0. The molecule has 3 aromatic carbocycles. The van der Waals surface area contributed by atoms with Gasteiger partial charge in [-0.1, -0.05) is 34.1 Å². The Kier molecular flexibility index (Phi) is 7.20. The summed E-state index contributed by atoms with van der Waals surface area (Å²) in [5.41, 5.74) is 0.937. The van der Waals surface area contributed by atoms with Crippen LogP contribution < -0.4 is 15.8 Å². The second kappa shape index (κ2) is 10.1. The van der Waals surface area contributed by atoms with Crippen molar-refractivity contribution >= 4 is 49.3 Å². The Morgan fingerprint density at radius 1 is 0.971 bits per heavy atom. The predicted molar refractivity (Wildman–Crippen MR) is 135 cm³/mol. The van der Waals surface area contributed by atoms with Crippen molar-refractivity contribution in [1.29, 1.82) is 0 Å². The lowest BCUT2D eigenvalue weighted by Gasteiger charge is -2.24. The topological polar surface area (TPSA) is 122 Å². The minimum absolute atomic E-state index is 0.0315. The van der Waals surface area contributed by atoms with Gasteiger partial charge in [-0.25, -0.2) is 22.7 Å². The number of carbonyl (C=O) groups is 2. The van der Waals surface area contributed by atoms with E-state index in [1.165, 1.54) is 35.2 Å². The molecule has 8 nitrogen and oxygen atoms in total. The number of nitrogens with zero attached hydrogens (tertiary/aromatic N) is 1. The van der Waals surface area contributed by atoms with Crippen LogP contribution in [-0.4, -0.2) is 37.8 Å². The molecule has 1 heterocycles. The second-order valence-corrected chi connectivity index (χ2v) is 10.5. The van der Waals surface area contributed by atoms with Crippen LogP contribution in [0.3, 0.4) is 0 Å². The average Bonchev–Trinajstić information content (AvgIpc) is 3.31. The number of benzene rings is 3. The predicted octanol–water partition coefficient (Wildman–Crippen LogP) is 4.54.